The quantitative estimate of drug-likeness (QED) is 0.0998. The van der Waals surface area contributed by atoms with Crippen molar-refractivity contribution in [3.05, 3.63) is 111 Å². The van der Waals surface area contributed by atoms with Gasteiger partial charge in [-0.15, -0.1) is 0 Å². The van der Waals surface area contributed by atoms with Gasteiger partial charge in [0.05, 0.1) is 46.3 Å². The standard InChI is InChI=1S/C37H33F6N3O6/c1-20-17-24(35(50)51-5)19-28(37(41,42)43)32(20)52-30(47)8-6-7-22-10-16-29(27(18-22)34(49)46(3)4)45-33(48)26-15-9-21(2)44-31(26)23-11-13-25(14-12-23)36(38,39)40/h9-19H,6-8H2,1-5H3,(H,45,48). The van der Waals surface area contributed by atoms with Gasteiger partial charge >= 0.3 is 24.3 Å². The molecule has 15 heteroatoms. The predicted molar refractivity (Wildman–Crippen MR) is 178 cm³/mol. The van der Waals surface area contributed by atoms with E-state index in [-0.39, 0.29) is 58.5 Å². The highest BCUT2D eigenvalue weighted by Crippen LogP contribution is 2.39. The molecule has 1 aromatic heterocycles. The number of rotatable bonds is 10. The van der Waals surface area contributed by atoms with Crippen LogP contribution in [0.3, 0.4) is 0 Å². The number of esters is 2. The van der Waals surface area contributed by atoms with Crippen LogP contribution in [0.15, 0.2) is 66.7 Å². The van der Waals surface area contributed by atoms with Crippen molar-refractivity contribution in [2.75, 3.05) is 26.5 Å². The summed E-state index contributed by atoms with van der Waals surface area (Å²) in [7, 11) is 4.02. The summed E-state index contributed by atoms with van der Waals surface area (Å²) in [4.78, 5) is 56.9. The predicted octanol–water partition coefficient (Wildman–Crippen LogP) is 8.07. The zero-order valence-electron chi connectivity index (χ0n) is 28.6. The van der Waals surface area contributed by atoms with Gasteiger partial charge in [0.25, 0.3) is 11.8 Å². The summed E-state index contributed by atoms with van der Waals surface area (Å²) in [5, 5.41) is 2.69. The molecule has 52 heavy (non-hydrogen) atoms. The molecule has 0 aliphatic rings. The topological polar surface area (TPSA) is 115 Å². The zero-order chi connectivity index (χ0) is 38.5. The maximum atomic E-state index is 13.8. The molecule has 0 saturated carbocycles. The third-order valence-corrected chi connectivity index (χ3v) is 7.80. The Labute approximate surface area is 294 Å². The highest BCUT2D eigenvalue weighted by molar-refractivity contribution is 6.11. The Bertz CT molecular complexity index is 2010. The lowest BCUT2D eigenvalue weighted by atomic mass is 10.0. The SMILES string of the molecule is COC(=O)c1cc(C)c(OC(=O)CCCc2ccc(NC(=O)c3ccc(C)nc3-c3ccc(C(F)(F)F)cc3)c(C(=O)N(C)C)c2)c(C(F)(F)F)c1. The number of pyridine rings is 1. The fraction of sp³-hybridized carbons (Fsp3) is 0.270. The van der Waals surface area contributed by atoms with Crippen molar-refractivity contribution in [1.29, 1.82) is 0 Å². The highest BCUT2D eigenvalue weighted by atomic mass is 19.4. The summed E-state index contributed by atoms with van der Waals surface area (Å²) < 4.78 is 90.4. The van der Waals surface area contributed by atoms with Gasteiger partial charge < -0.3 is 19.7 Å². The molecule has 0 aliphatic heterocycles. The fourth-order valence-electron chi connectivity index (χ4n) is 5.20. The summed E-state index contributed by atoms with van der Waals surface area (Å²) >= 11 is 0. The van der Waals surface area contributed by atoms with E-state index in [1.807, 2.05) is 0 Å². The normalized spacial score (nSPS) is 11.5. The van der Waals surface area contributed by atoms with Crippen LogP contribution in [0.1, 0.15) is 71.9 Å². The largest absolute Gasteiger partial charge is 0.465 e. The Hall–Kier alpha value is -5.73. The van der Waals surface area contributed by atoms with Crippen molar-refractivity contribution in [3.8, 4) is 17.0 Å². The van der Waals surface area contributed by atoms with Gasteiger partial charge in [0.1, 0.15) is 5.75 Å². The second-order valence-electron chi connectivity index (χ2n) is 11.9. The van der Waals surface area contributed by atoms with Crippen LogP contribution in [0.5, 0.6) is 5.75 Å². The number of amides is 2. The van der Waals surface area contributed by atoms with Crippen molar-refractivity contribution >= 4 is 29.4 Å². The molecular formula is C37H33F6N3O6. The van der Waals surface area contributed by atoms with E-state index in [2.05, 4.69) is 15.0 Å². The molecule has 4 rings (SSSR count). The number of hydrogen-bond donors (Lipinski definition) is 1. The molecule has 4 aromatic rings. The third-order valence-electron chi connectivity index (χ3n) is 7.80. The van der Waals surface area contributed by atoms with Crippen molar-refractivity contribution in [1.82, 2.24) is 9.88 Å². The van der Waals surface area contributed by atoms with E-state index >= 15 is 0 Å². The van der Waals surface area contributed by atoms with Crippen LogP contribution in [0.4, 0.5) is 32.0 Å². The highest BCUT2D eigenvalue weighted by Gasteiger charge is 2.37. The van der Waals surface area contributed by atoms with Gasteiger partial charge in [0, 0.05) is 31.8 Å². The van der Waals surface area contributed by atoms with Crippen molar-refractivity contribution < 1.29 is 55.0 Å². The smallest absolute Gasteiger partial charge is 0.420 e. The van der Waals surface area contributed by atoms with Crippen LogP contribution in [-0.2, 0) is 28.3 Å². The molecule has 0 aliphatic carbocycles. The molecule has 0 saturated heterocycles. The Kier molecular flexibility index (Phi) is 11.8. The molecule has 0 unspecified atom stereocenters. The molecule has 1 N–H and O–H groups in total. The van der Waals surface area contributed by atoms with E-state index in [0.717, 1.165) is 25.3 Å². The number of alkyl halides is 6. The zero-order valence-corrected chi connectivity index (χ0v) is 28.6. The molecule has 0 bridgehead atoms. The van der Waals surface area contributed by atoms with Crippen molar-refractivity contribution in [2.45, 2.75) is 45.5 Å². The van der Waals surface area contributed by atoms with Crippen LogP contribution < -0.4 is 10.1 Å². The number of benzene rings is 3. The Balaban J connectivity index is 1.52. The lowest BCUT2D eigenvalue weighted by Gasteiger charge is -2.17. The number of anilines is 1. The monoisotopic (exact) mass is 729 g/mol. The second kappa shape index (κ2) is 15.7. The maximum absolute atomic E-state index is 13.8. The number of carbonyl (C=O) groups is 4. The van der Waals surface area contributed by atoms with Crippen LogP contribution in [0.2, 0.25) is 0 Å². The second-order valence-corrected chi connectivity index (χ2v) is 11.9. The fourth-order valence-corrected chi connectivity index (χ4v) is 5.20. The number of nitrogens with zero attached hydrogens (tertiary/aromatic N) is 2. The summed E-state index contributed by atoms with van der Waals surface area (Å²) in [6, 6.07) is 13.5. The van der Waals surface area contributed by atoms with E-state index in [0.29, 0.717) is 17.3 Å². The average Bonchev–Trinajstić information content (AvgIpc) is 3.07. The molecule has 0 radical (unpaired) electrons. The number of ether oxygens (including phenoxy) is 2. The number of carbonyl (C=O) groups excluding carboxylic acids is 4. The van der Waals surface area contributed by atoms with Gasteiger partial charge in [-0.2, -0.15) is 26.3 Å². The number of nitrogens with one attached hydrogen (secondary N) is 1. The minimum absolute atomic E-state index is 0.0417. The van der Waals surface area contributed by atoms with E-state index in [4.69, 9.17) is 4.74 Å². The van der Waals surface area contributed by atoms with Crippen molar-refractivity contribution in [3.63, 3.8) is 0 Å². The summed E-state index contributed by atoms with van der Waals surface area (Å²) in [5.74, 6) is -3.83. The Morgan fingerprint density at radius 1 is 0.827 bits per heavy atom. The van der Waals surface area contributed by atoms with Crippen LogP contribution in [0.25, 0.3) is 11.3 Å². The van der Waals surface area contributed by atoms with E-state index in [1.54, 1.807) is 19.1 Å². The van der Waals surface area contributed by atoms with Crippen LogP contribution in [0, 0.1) is 13.8 Å². The number of aryl methyl sites for hydroxylation is 3. The molecule has 0 spiro atoms. The number of aromatic nitrogens is 1. The molecule has 0 atom stereocenters. The van der Waals surface area contributed by atoms with Gasteiger partial charge in [0.2, 0.25) is 0 Å². The average molecular weight is 730 g/mol. The number of methoxy groups -OCH3 is 1. The summed E-state index contributed by atoms with van der Waals surface area (Å²) in [6.45, 7) is 2.92. The Morgan fingerprint density at radius 3 is 2.10 bits per heavy atom. The minimum atomic E-state index is -4.93. The minimum Gasteiger partial charge on any atom is -0.465 e. The molecule has 9 nitrogen and oxygen atoms in total. The summed E-state index contributed by atoms with van der Waals surface area (Å²) in [6.07, 6.45) is -9.46. The molecule has 0 fully saturated rings. The van der Waals surface area contributed by atoms with Gasteiger partial charge in [-0.1, -0.05) is 18.2 Å². The molecule has 274 valence electrons. The first-order chi connectivity index (χ1) is 24.3. The van der Waals surface area contributed by atoms with Crippen LogP contribution >= 0.6 is 0 Å². The van der Waals surface area contributed by atoms with E-state index in [1.165, 1.54) is 56.3 Å². The number of hydrogen-bond acceptors (Lipinski definition) is 7. The lowest BCUT2D eigenvalue weighted by molar-refractivity contribution is -0.142. The number of halogens is 6. The lowest BCUT2D eigenvalue weighted by Crippen LogP contribution is -2.24. The maximum Gasteiger partial charge on any atom is 0.420 e. The van der Waals surface area contributed by atoms with Gasteiger partial charge in [0.15, 0.2) is 0 Å². The van der Waals surface area contributed by atoms with Gasteiger partial charge in [-0.05, 0) is 86.3 Å². The summed E-state index contributed by atoms with van der Waals surface area (Å²) in [5.41, 5.74) is -0.901. The third kappa shape index (κ3) is 9.33. The van der Waals surface area contributed by atoms with Gasteiger partial charge in [-0.25, -0.2) is 4.79 Å². The van der Waals surface area contributed by atoms with E-state index in [9.17, 15) is 45.5 Å². The first-order valence-electron chi connectivity index (χ1n) is 15.6. The Morgan fingerprint density at radius 2 is 1.50 bits per heavy atom. The van der Waals surface area contributed by atoms with E-state index < -0.39 is 53.0 Å². The van der Waals surface area contributed by atoms with Crippen LogP contribution in [-0.4, -0.2) is 54.8 Å². The van der Waals surface area contributed by atoms with Crippen molar-refractivity contribution in [2.24, 2.45) is 0 Å². The molecular weight excluding hydrogens is 696 g/mol. The first-order valence-corrected chi connectivity index (χ1v) is 15.6. The van der Waals surface area contributed by atoms with Gasteiger partial charge in [-0.3, -0.25) is 19.4 Å². The molecule has 3 aromatic carbocycles. The first kappa shape index (κ1) is 39.1. The molecule has 2 amide bonds. The molecule has 1 heterocycles.